The minimum atomic E-state index is -0.942. The number of likely N-dealkylation sites (tertiary alicyclic amines) is 1. The highest BCUT2D eigenvalue weighted by atomic mass is 16.5. The van der Waals surface area contributed by atoms with Gasteiger partial charge in [0.05, 0.1) is 0 Å². The third kappa shape index (κ3) is 3.40. The van der Waals surface area contributed by atoms with Gasteiger partial charge in [-0.25, -0.2) is 0 Å². The van der Waals surface area contributed by atoms with Crippen LogP contribution in [0.5, 0.6) is 0 Å². The van der Waals surface area contributed by atoms with Crippen LogP contribution >= 0.6 is 0 Å². The average Bonchev–Trinajstić information content (AvgIpc) is 3.28. The molecule has 136 valence electrons. The van der Waals surface area contributed by atoms with E-state index >= 15 is 0 Å². The molecule has 26 heavy (non-hydrogen) atoms. The number of nitrogens with one attached hydrogen (secondary N) is 1. The van der Waals surface area contributed by atoms with E-state index in [1.54, 1.807) is 11.0 Å². The third-order valence-corrected chi connectivity index (χ3v) is 4.79. The molecule has 0 spiro atoms. The van der Waals surface area contributed by atoms with Crippen LogP contribution in [0.15, 0.2) is 53.6 Å². The van der Waals surface area contributed by atoms with E-state index < -0.39 is 5.54 Å². The van der Waals surface area contributed by atoms with Crippen molar-refractivity contribution < 1.29 is 14.1 Å². The summed E-state index contributed by atoms with van der Waals surface area (Å²) >= 11 is 0. The number of aromatic nitrogens is 1. The zero-order valence-corrected chi connectivity index (χ0v) is 14.9. The summed E-state index contributed by atoms with van der Waals surface area (Å²) in [4.78, 5) is 26.7. The first-order valence-corrected chi connectivity index (χ1v) is 8.75. The molecule has 2 heterocycles. The molecule has 0 bridgehead atoms. The van der Waals surface area contributed by atoms with Gasteiger partial charge in [0.2, 0.25) is 11.8 Å². The van der Waals surface area contributed by atoms with Crippen molar-refractivity contribution in [1.82, 2.24) is 15.4 Å². The fourth-order valence-corrected chi connectivity index (χ4v) is 3.60. The van der Waals surface area contributed by atoms with Gasteiger partial charge in [0.15, 0.2) is 0 Å². The Hall–Kier alpha value is -2.89. The molecule has 1 aliphatic rings. The van der Waals surface area contributed by atoms with Gasteiger partial charge in [-0.1, -0.05) is 41.6 Å². The highest BCUT2D eigenvalue weighted by Gasteiger charge is 2.49. The lowest BCUT2D eigenvalue weighted by molar-refractivity contribution is -0.143. The van der Waals surface area contributed by atoms with Gasteiger partial charge in [0.1, 0.15) is 17.0 Å². The number of carbonyl (C=O) groups excluding carboxylic acids is 2. The van der Waals surface area contributed by atoms with Crippen LogP contribution in [0.1, 0.15) is 25.5 Å². The predicted octanol–water partition coefficient (Wildman–Crippen LogP) is 2.57. The molecule has 1 fully saturated rings. The summed E-state index contributed by atoms with van der Waals surface area (Å²) in [6.45, 7) is 6.06. The molecule has 1 aromatic heterocycles. The Kier molecular flexibility index (Phi) is 5.21. The fourth-order valence-electron chi connectivity index (χ4n) is 3.60. The highest BCUT2D eigenvalue weighted by Crippen LogP contribution is 2.34. The number of rotatable bonds is 6. The van der Waals surface area contributed by atoms with Crippen molar-refractivity contribution in [3.63, 3.8) is 0 Å². The molecule has 1 aliphatic heterocycles. The lowest BCUT2D eigenvalue weighted by Gasteiger charge is -2.35. The Balaban J connectivity index is 1.89. The van der Waals surface area contributed by atoms with Crippen LogP contribution in [-0.4, -0.2) is 40.5 Å². The third-order valence-electron chi connectivity index (χ3n) is 4.79. The Morgan fingerprint density at radius 1 is 1.38 bits per heavy atom. The van der Waals surface area contributed by atoms with E-state index in [4.69, 9.17) is 4.52 Å². The highest BCUT2D eigenvalue weighted by molar-refractivity contribution is 5.92. The zero-order valence-electron chi connectivity index (χ0n) is 14.9. The van der Waals surface area contributed by atoms with E-state index in [0.29, 0.717) is 31.7 Å². The van der Waals surface area contributed by atoms with Gasteiger partial charge >= 0.3 is 0 Å². The molecule has 6 nitrogen and oxygen atoms in total. The molecule has 0 aliphatic carbocycles. The van der Waals surface area contributed by atoms with Crippen LogP contribution in [0.4, 0.5) is 0 Å². The Bertz CT molecular complexity index is 800. The smallest absolute Gasteiger partial charge is 0.246 e. The molecule has 6 heteroatoms. The molecule has 0 saturated carbocycles. The van der Waals surface area contributed by atoms with Gasteiger partial charge < -0.3 is 14.7 Å². The molecule has 3 rings (SSSR count). The van der Waals surface area contributed by atoms with Crippen molar-refractivity contribution in [1.29, 1.82) is 0 Å². The summed E-state index contributed by atoms with van der Waals surface area (Å²) in [6, 6.07) is 11.5. The van der Waals surface area contributed by atoms with Gasteiger partial charge in [0, 0.05) is 38.1 Å². The number of nitrogens with zero attached hydrogens (tertiary/aromatic N) is 2. The van der Waals surface area contributed by atoms with E-state index in [9.17, 15) is 9.59 Å². The summed E-state index contributed by atoms with van der Waals surface area (Å²) < 4.78 is 5.50. The molecule has 1 atom stereocenters. The van der Waals surface area contributed by atoms with Crippen LogP contribution < -0.4 is 5.32 Å². The van der Waals surface area contributed by atoms with Crippen molar-refractivity contribution in [3.8, 4) is 11.3 Å². The predicted molar refractivity (Wildman–Crippen MR) is 98.2 cm³/mol. The molecule has 2 amide bonds. The fraction of sp³-hybridized carbons (Fsp3) is 0.350. The Labute approximate surface area is 152 Å². The van der Waals surface area contributed by atoms with Crippen LogP contribution in [0.25, 0.3) is 11.3 Å². The van der Waals surface area contributed by atoms with Crippen LogP contribution in [-0.2, 0) is 16.0 Å². The summed E-state index contributed by atoms with van der Waals surface area (Å²) in [5.41, 5.74) is 0.722. The van der Waals surface area contributed by atoms with E-state index in [1.165, 1.54) is 6.92 Å². The van der Waals surface area contributed by atoms with Crippen molar-refractivity contribution in [2.75, 3.05) is 13.1 Å². The maximum absolute atomic E-state index is 12.9. The summed E-state index contributed by atoms with van der Waals surface area (Å²) in [7, 11) is 0. The maximum atomic E-state index is 12.9. The van der Waals surface area contributed by atoms with E-state index in [2.05, 4.69) is 17.1 Å². The van der Waals surface area contributed by atoms with Crippen LogP contribution in [0.3, 0.4) is 0 Å². The number of amides is 2. The second-order valence-electron chi connectivity index (χ2n) is 6.53. The lowest BCUT2D eigenvalue weighted by atomic mass is 9.89. The minimum Gasteiger partial charge on any atom is -0.361 e. The standard InChI is InChI=1S/C20H23N3O3/c1-3-11-21-19(25)20(10-7-12-23(20)15(2)24)14-17-13-18(22-26-17)16-8-5-4-6-9-16/h3-6,8-9,13H,1,7,10-12,14H2,2H3,(H,21,25). The SMILES string of the molecule is C=CCNC(=O)C1(Cc2cc(-c3ccccc3)no2)CCCN1C(C)=O. The van der Waals surface area contributed by atoms with Crippen molar-refractivity contribution >= 4 is 11.8 Å². The van der Waals surface area contributed by atoms with E-state index in [1.807, 2.05) is 36.4 Å². The second kappa shape index (κ2) is 7.56. The van der Waals surface area contributed by atoms with Crippen LogP contribution in [0, 0.1) is 0 Å². The summed E-state index contributed by atoms with van der Waals surface area (Å²) in [5.74, 6) is 0.299. The maximum Gasteiger partial charge on any atom is 0.246 e. The first-order valence-electron chi connectivity index (χ1n) is 8.75. The number of hydrogen-bond donors (Lipinski definition) is 1. The second-order valence-corrected chi connectivity index (χ2v) is 6.53. The topological polar surface area (TPSA) is 75.4 Å². The van der Waals surface area contributed by atoms with Crippen LogP contribution in [0.2, 0.25) is 0 Å². The van der Waals surface area contributed by atoms with Gasteiger partial charge in [0.25, 0.3) is 0 Å². The van der Waals surface area contributed by atoms with E-state index in [-0.39, 0.29) is 11.8 Å². The first-order chi connectivity index (χ1) is 12.6. The monoisotopic (exact) mass is 353 g/mol. The molecule has 1 aromatic carbocycles. The molecule has 1 N–H and O–H groups in total. The van der Waals surface area contributed by atoms with Crippen molar-refractivity contribution in [2.24, 2.45) is 0 Å². The number of hydrogen-bond acceptors (Lipinski definition) is 4. The minimum absolute atomic E-state index is 0.112. The van der Waals surface area contributed by atoms with Crippen molar-refractivity contribution in [3.05, 3.63) is 54.8 Å². The molecule has 0 radical (unpaired) electrons. The molecular weight excluding hydrogens is 330 g/mol. The largest absolute Gasteiger partial charge is 0.361 e. The van der Waals surface area contributed by atoms with Gasteiger partial charge in [-0.2, -0.15) is 0 Å². The average molecular weight is 353 g/mol. The summed E-state index contributed by atoms with van der Waals surface area (Å²) in [5, 5.41) is 6.97. The zero-order chi connectivity index (χ0) is 18.6. The first kappa shape index (κ1) is 17.9. The Morgan fingerprint density at radius 3 is 2.85 bits per heavy atom. The van der Waals surface area contributed by atoms with Gasteiger partial charge in [-0.05, 0) is 12.8 Å². The van der Waals surface area contributed by atoms with E-state index in [0.717, 1.165) is 17.7 Å². The normalized spacial score (nSPS) is 19.3. The molecule has 2 aromatic rings. The molecule has 1 unspecified atom stereocenters. The molecule has 1 saturated heterocycles. The van der Waals surface area contributed by atoms with Gasteiger partial charge in [-0.15, -0.1) is 6.58 Å². The van der Waals surface area contributed by atoms with Gasteiger partial charge in [-0.3, -0.25) is 9.59 Å². The quantitative estimate of drug-likeness (QED) is 0.810. The van der Waals surface area contributed by atoms with Crippen molar-refractivity contribution in [2.45, 2.75) is 31.7 Å². The number of carbonyl (C=O) groups is 2. The molecular formula is C20H23N3O3. The summed E-state index contributed by atoms with van der Waals surface area (Å²) in [6.07, 6.45) is 3.30. The lowest BCUT2D eigenvalue weighted by Crippen LogP contribution is -2.58. The Morgan fingerprint density at radius 2 is 2.15 bits per heavy atom. The number of benzene rings is 1.